The maximum absolute atomic E-state index is 12.2. The SMILES string of the molecule is COc1ccc(N)c(C(=O)NCC(C)N2CCCC2)c1. The lowest BCUT2D eigenvalue weighted by Crippen LogP contribution is -2.40. The monoisotopic (exact) mass is 277 g/mol. The first-order valence-electron chi connectivity index (χ1n) is 7.07. The Kier molecular flexibility index (Phi) is 4.84. The van der Waals surface area contributed by atoms with Crippen molar-refractivity contribution in [2.24, 2.45) is 0 Å². The summed E-state index contributed by atoms with van der Waals surface area (Å²) in [6.07, 6.45) is 2.50. The number of ether oxygens (including phenoxy) is 1. The van der Waals surface area contributed by atoms with Crippen molar-refractivity contribution in [2.75, 3.05) is 32.5 Å². The van der Waals surface area contributed by atoms with Gasteiger partial charge in [0.15, 0.2) is 0 Å². The molecule has 1 saturated heterocycles. The first-order valence-corrected chi connectivity index (χ1v) is 7.07. The molecule has 2 rings (SSSR count). The summed E-state index contributed by atoms with van der Waals surface area (Å²) >= 11 is 0. The molecular weight excluding hydrogens is 254 g/mol. The van der Waals surface area contributed by atoms with Crippen molar-refractivity contribution in [1.82, 2.24) is 10.2 Å². The second kappa shape index (κ2) is 6.61. The maximum Gasteiger partial charge on any atom is 0.253 e. The van der Waals surface area contributed by atoms with Crippen LogP contribution in [0.2, 0.25) is 0 Å². The van der Waals surface area contributed by atoms with Crippen LogP contribution < -0.4 is 15.8 Å². The van der Waals surface area contributed by atoms with E-state index in [9.17, 15) is 4.79 Å². The highest BCUT2D eigenvalue weighted by Gasteiger charge is 2.19. The summed E-state index contributed by atoms with van der Waals surface area (Å²) < 4.78 is 5.12. The number of nitrogens with two attached hydrogens (primary N) is 1. The molecule has 0 spiro atoms. The van der Waals surface area contributed by atoms with Gasteiger partial charge in [0.2, 0.25) is 0 Å². The molecule has 1 unspecified atom stereocenters. The molecule has 1 aromatic carbocycles. The molecule has 1 aromatic rings. The van der Waals surface area contributed by atoms with E-state index in [-0.39, 0.29) is 5.91 Å². The van der Waals surface area contributed by atoms with Gasteiger partial charge in [0.05, 0.1) is 12.7 Å². The number of methoxy groups -OCH3 is 1. The van der Waals surface area contributed by atoms with Crippen LogP contribution in [0, 0.1) is 0 Å². The van der Waals surface area contributed by atoms with E-state index >= 15 is 0 Å². The van der Waals surface area contributed by atoms with Crippen molar-refractivity contribution < 1.29 is 9.53 Å². The van der Waals surface area contributed by atoms with Crippen LogP contribution in [0.25, 0.3) is 0 Å². The van der Waals surface area contributed by atoms with E-state index in [1.54, 1.807) is 25.3 Å². The molecule has 1 heterocycles. The van der Waals surface area contributed by atoms with E-state index in [2.05, 4.69) is 17.1 Å². The molecular formula is C15H23N3O2. The number of likely N-dealkylation sites (tertiary alicyclic amines) is 1. The maximum atomic E-state index is 12.2. The number of amides is 1. The molecule has 5 heteroatoms. The van der Waals surface area contributed by atoms with Crippen LogP contribution in [0.5, 0.6) is 5.75 Å². The summed E-state index contributed by atoms with van der Waals surface area (Å²) in [5.41, 5.74) is 6.79. The Morgan fingerprint density at radius 3 is 2.80 bits per heavy atom. The van der Waals surface area contributed by atoms with Gasteiger partial charge >= 0.3 is 0 Å². The molecule has 0 saturated carbocycles. The predicted molar refractivity (Wildman–Crippen MR) is 80.0 cm³/mol. The fourth-order valence-corrected chi connectivity index (χ4v) is 2.51. The number of hydrogen-bond donors (Lipinski definition) is 2. The number of nitrogen functional groups attached to an aromatic ring is 1. The van der Waals surface area contributed by atoms with E-state index in [1.807, 2.05) is 0 Å². The zero-order valence-corrected chi connectivity index (χ0v) is 12.2. The molecule has 3 N–H and O–H groups in total. The zero-order chi connectivity index (χ0) is 14.5. The third-order valence-corrected chi connectivity index (χ3v) is 3.83. The number of anilines is 1. The molecule has 1 atom stereocenters. The van der Waals surface area contributed by atoms with Gasteiger partial charge < -0.3 is 15.8 Å². The van der Waals surface area contributed by atoms with Gasteiger partial charge in [0, 0.05) is 18.3 Å². The van der Waals surface area contributed by atoms with Crippen LogP contribution in [0.4, 0.5) is 5.69 Å². The lowest BCUT2D eigenvalue weighted by molar-refractivity contribution is 0.0941. The molecule has 0 aliphatic carbocycles. The first-order chi connectivity index (χ1) is 9.61. The summed E-state index contributed by atoms with van der Waals surface area (Å²) in [6, 6.07) is 5.47. The van der Waals surface area contributed by atoms with Gasteiger partial charge in [0.25, 0.3) is 5.91 Å². The number of carbonyl (C=O) groups excluding carboxylic acids is 1. The Bertz CT molecular complexity index is 470. The highest BCUT2D eigenvalue weighted by Crippen LogP contribution is 2.19. The molecule has 1 fully saturated rings. The smallest absolute Gasteiger partial charge is 0.253 e. The number of hydrogen-bond acceptors (Lipinski definition) is 4. The first kappa shape index (κ1) is 14.7. The predicted octanol–water partition coefficient (Wildman–Crippen LogP) is 1.49. The van der Waals surface area contributed by atoms with E-state index in [0.29, 0.717) is 29.6 Å². The number of benzene rings is 1. The molecule has 0 bridgehead atoms. The molecule has 20 heavy (non-hydrogen) atoms. The van der Waals surface area contributed by atoms with Gasteiger partial charge in [0.1, 0.15) is 5.75 Å². The number of carbonyl (C=O) groups is 1. The fraction of sp³-hybridized carbons (Fsp3) is 0.533. The van der Waals surface area contributed by atoms with Crippen molar-refractivity contribution in [3.63, 3.8) is 0 Å². The topological polar surface area (TPSA) is 67.6 Å². The highest BCUT2D eigenvalue weighted by atomic mass is 16.5. The second-order valence-electron chi connectivity index (χ2n) is 5.26. The number of rotatable bonds is 5. The minimum atomic E-state index is -0.146. The summed E-state index contributed by atoms with van der Waals surface area (Å²) in [5.74, 6) is 0.490. The van der Waals surface area contributed by atoms with E-state index in [4.69, 9.17) is 10.5 Å². The standard InChI is InChI=1S/C15H23N3O2/c1-11(18-7-3-4-8-18)10-17-15(19)13-9-12(20-2)5-6-14(13)16/h5-6,9,11H,3-4,7-8,10,16H2,1-2H3,(H,17,19). The van der Waals surface area contributed by atoms with E-state index in [0.717, 1.165) is 13.1 Å². The molecule has 0 aromatic heterocycles. The van der Waals surface area contributed by atoms with Crippen molar-refractivity contribution in [3.8, 4) is 5.75 Å². The Balaban J connectivity index is 1.94. The van der Waals surface area contributed by atoms with Gasteiger partial charge in [-0.3, -0.25) is 9.69 Å². The Hall–Kier alpha value is -1.75. The van der Waals surface area contributed by atoms with E-state index in [1.165, 1.54) is 12.8 Å². The Labute approximate surface area is 120 Å². The van der Waals surface area contributed by atoms with Crippen LogP contribution in [0.15, 0.2) is 18.2 Å². The van der Waals surface area contributed by atoms with Crippen LogP contribution in [-0.2, 0) is 0 Å². The molecule has 1 aliphatic heterocycles. The third kappa shape index (κ3) is 3.42. The lowest BCUT2D eigenvalue weighted by atomic mass is 10.1. The summed E-state index contributed by atoms with van der Waals surface area (Å²) in [6.45, 7) is 5.02. The van der Waals surface area contributed by atoms with Gasteiger partial charge in [-0.2, -0.15) is 0 Å². The lowest BCUT2D eigenvalue weighted by Gasteiger charge is -2.24. The summed E-state index contributed by atoms with van der Waals surface area (Å²) in [5, 5.41) is 2.95. The number of nitrogens with one attached hydrogen (secondary N) is 1. The minimum Gasteiger partial charge on any atom is -0.497 e. The van der Waals surface area contributed by atoms with E-state index < -0.39 is 0 Å². The Morgan fingerprint density at radius 1 is 1.45 bits per heavy atom. The zero-order valence-electron chi connectivity index (χ0n) is 12.2. The molecule has 5 nitrogen and oxygen atoms in total. The van der Waals surface area contributed by atoms with Crippen molar-refractivity contribution in [3.05, 3.63) is 23.8 Å². The quantitative estimate of drug-likeness (QED) is 0.800. The minimum absolute atomic E-state index is 0.146. The van der Waals surface area contributed by atoms with Crippen LogP contribution in [0.1, 0.15) is 30.1 Å². The average Bonchev–Trinajstić information content (AvgIpc) is 2.99. The van der Waals surface area contributed by atoms with Gasteiger partial charge in [-0.15, -0.1) is 0 Å². The average molecular weight is 277 g/mol. The van der Waals surface area contributed by atoms with Gasteiger partial charge in [-0.05, 0) is 51.1 Å². The summed E-state index contributed by atoms with van der Waals surface area (Å²) in [7, 11) is 1.57. The number of nitrogens with zero attached hydrogens (tertiary/aromatic N) is 1. The molecule has 110 valence electrons. The molecule has 1 aliphatic rings. The highest BCUT2D eigenvalue weighted by molar-refractivity contribution is 5.99. The van der Waals surface area contributed by atoms with Crippen LogP contribution in [-0.4, -0.2) is 43.6 Å². The molecule has 0 radical (unpaired) electrons. The largest absolute Gasteiger partial charge is 0.497 e. The fourth-order valence-electron chi connectivity index (χ4n) is 2.51. The Morgan fingerprint density at radius 2 is 2.15 bits per heavy atom. The second-order valence-corrected chi connectivity index (χ2v) is 5.26. The van der Waals surface area contributed by atoms with Gasteiger partial charge in [-0.1, -0.05) is 0 Å². The summed E-state index contributed by atoms with van der Waals surface area (Å²) in [4.78, 5) is 14.6. The van der Waals surface area contributed by atoms with Crippen LogP contribution >= 0.6 is 0 Å². The van der Waals surface area contributed by atoms with Crippen molar-refractivity contribution >= 4 is 11.6 Å². The van der Waals surface area contributed by atoms with Crippen molar-refractivity contribution in [1.29, 1.82) is 0 Å². The normalized spacial score (nSPS) is 16.9. The molecule has 1 amide bonds. The van der Waals surface area contributed by atoms with Crippen molar-refractivity contribution in [2.45, 2.75) is 25.8 Å². The third-order valence-electron chi connectivity index (χ3n) is 3.83. The van der Waals surface area contributed by atoms with Gasteiger partial charge in [-0.25, -0.2) is 0 Å². The van der Waals surface area contributed by atoms with Crippen LogP contribution in [0.3, 0.4) is 0 Å².